The van der Waals surface area contributed by atoms with E-state index in [-0.39, 0.29) is 5.63 Å². The molecule has 2 aromatic carbocycles. The number of nitrogens with zero attached hydrogens (tertiary/aromatic N) is 2. The first-order valence-corrected chi connectivity index (χ1v) is 8.81. The predicted octanol–water partition coefficient (Wildman–Crippen LogP) is 3.77. The maximum absolute atomic E-state index is 12.2. The standard InChI is InChI=1S/C20H19ClN2O2/c21-17-5-7-18(8-6-17)23-11-9-22(10-12-23)14-16-13-15-3-1-2-4-19(15)25-20(16)24/h1-8,13H,9-12,14H2. The van der Waals surface area contributed by atoms with Crippen molar-refractivity contribution >= 4 is 28.3 Å². The molecule has 1 aromatic heterocycles. The Morgan fingerprint density at radius 2 is 1.68 bits per heavy atom. The Hall–Kier alpha value is -2.30. The third-order valence-corrected chi connectivity index (χ3v) is 4.92. The van der Waals surface area contributed by atoms with E-state index in [2.05, 4.69) is 21.9 Å². The summed E-state index contributed by atoms with van der Waals surface area (Å²) in [5.41, 5.74) is 2.32. The van der Waals surface area contributed by atoms with Crippen LogP contribution in [0, 0.1) is 0 Å². The highest BCUT2D eigenvalue weighted by molar-refractivity contribution is 6.30. The third kappa shape index (κ3) is 3.55. The van der Waals surface area contributed by atoms with Gasteiger partial charge >= 0.3 is 5.63 Å². The van der Waals surface area contributed by atoms with E-state index in [4.69, 9.17) is 16.0 Å². The maximum atomic E-state index is 12.2. The largest absolute Gasteiger partial charge is 0.422 e. The van der Waals surface area contributed by atoms with E-state index >= 15 is 0 Å². The van der Waals surface area contributed by atoms with Crippen LogP contribution in [0.25, 0.3) is 11.0 Å². The monoisotopic (exact) mass is 354 g/mol. The zero-order chi connectivity index (χ0) is 17.2. The Morgan fingerprint density at radius 1 is 0.960 bits per heavy atom. The molecule has 5 heteroatoms. The summed E-state index contributed by atoms with van der Waals surface area (Å²) in [5.74, 6) is 0. The highest BCUT2D eigenvalue weighted by atomic mass is 35.5. The molecule has 4 rings (SSSR count). The fourth-order valence-electron chi connectivity index (χ4n) is 3.27. The van der Waals surface area contributed by atoms with Gasteiger partial charge in [-0.05, 0) is 36.4 Å². The van der Waals surface area contributed by atoms with Crippen LogP contribution in [-0.4, -0.2) is 31.1 Å². The average Bonchev–Trinajstić information content (AvgIpc) is 2.64. The fourth-order valence-corrected chi connectivity index (χ4v) is 3.40. The number of para-hydroxylation sites is 1. The molecule has 0 N–H and O–H groups in total. The van der Waals surface area contributed by atoms with Crippen LogP contribution >= 0.6 is 11.6 Å². The molecule has 25 heavy (non-hydrogen) atoms. The van der Waals surface area contributed by atoms with Gasteiger partial charge in [0.15, 0.2) is 0 Å². The van der Waals surface area contributed by atoms with Crippen LogP contribution in [0.4, 0.5) is 5.69 Å². The van der Waals surface area contributed by atoms with E-state index in [0.717, 1.165) is 42.2 Å². The van der Waals surface area contributed by atoms with Crippen molar-refractivity contribution in [2.24, 2.45) is 0 Å². The van der Waals surface area contributed by atoms with Crippen LogP contribution in [0.1, 0.15) is 5.56 Å². The van der Waals surface area contributed by atoms with Crippen LogP contribution in [-0.2, 0) is 6.54 Å². The number of hydrogen-bond acceptors (Lipinski definition) is 4. The molecular formula is C20H19ClN2O2. The summed E-state index contributed by atoms with van der Waals surface area (Å²) in [6.07, 6.45) is 0. The molecule has 0 saturated carbocycles. The number of fused-ring (bicyclic) bond motifs is 1. The van der Waals surface area contributed by atoms with Crippen molar-refractivity contribution in [3.63, 3.8) is 0 Å². The molecule has 1 aliphatic heterocycles. The van der Waals surface area contributed by atoms with Gasteiger partial charge in [0.25, 0.3) is 0 Å². The van der Waals surface area contributed by atoms with Crippen molar-refractivity contribution in [2.75, 3.05) is 31.1 Å². The van der Waals surface area contributed by atoms with Gasteiger partial charge < -0.3 is 9.32 Å². The number of benzene rings is 2. The number of rotatable bonds is 3. The van der Waals surface area contributed by atoms with E-state index in [9.17, 15) is 4.79 Å². The Balaban J connectivity index is 1.44. The Labute approximate surface area is 151 Å². The highest BCUT2D eigenvalue weighted by Gasteiger charge is 2.18. The Kier molecular flexibility index (Phi) is 4.47. The molecule has 2 heterocycles. The molecule has 0 aliphatic carbocycles. The zero-order valence-electron chi connectivity index (χ0n) is 13.8. The van der Waals surface area contributed by atoms with E-state index < -0.39 is 0 Å². The fraction of sp³-hybridized carbons (Fsp3) is 0.250. The minimum absolute atomic E-state index is 0.237. The van der Waals surface area contributed by atoms with Gasteiger partial charge in [-0.1, -0.05) is 29.8 Å². The molecule has 1 fully saturated rings. The first kappa shape index (κ1) is 16.2. The van der Waals surface area contributed by atoms with Crippen molar-refractivity contribution in [1.29, 1.82) is 0 Å². The summed E-state index contributed by atoms with van der Waals surface area (Å²) in [4.78, 5) is 16.9. The van der Waals surface area contributed by atoms with Crippen LogP contribution in [0.3, 0.4) is 0 Å². The van der Waals surface area contributed by atoms with Gasteiger partial charge in [-0.25, -0.2) is 4.79 Å². The topological polar surface area (TPSA) is 36.7 Å². The first-order valence-electron chi connectivity index (χ1n) is 8.44. The molecule has 0 spiro atoms. The molecule has 1 saturated heterocycles. The molecule has 0 bridgehead atoms. The van der Waals surface area contributed by atoms with Crippen LogP contribution in [0.2, 0.25) is 5.02 Å². The molecule has 4 nitrogen and oxygen atoms in total. The first-order chi connectivity index (χ1) is 12.2. The van der Waals surface area contributed by atoms with Crippen LogP contribution in [0.15, 0.2) is 63.8 Å². The second kappa shape index (κ2) is 6.90. The van der Waals surface area contributed by atoms with Gasteiger partial charge in [0.05, 0.1) is 5.56 Å². The van der Waals surface area contributed by atoms with Crippen LogP contribution < -0.4 is 10.5 Å². The summed E-state index contributed by atoms with van der Waals surface area (Å²) < 4.78 is 5.43. The van der Waals surface area contributed by atoms with Crippen molar-refractivity contribution in [1.82, 2.24) is 4.90 Å². The molecule has 3 aromatic rings. The van der Waals surface area contributed by atoms with E-state index in [1.54, 1.807) is 0 Å². The van der Waals surface area contributed by atoms with Gasteiger partial charge in [-0.3, -0.25) is 4.90 Å². The molecule has 0 amide bonds. The van der Waals surface area contributed by atoms with Crippen molar-refractivity contribution in [2.45, 2.75) is 6.54 Å². The Bertz CT molecular complexity index is 928. The normalized spacial score (nSPS) is 15.6. The van der Waals surface area contributed by atoms with E-state index in [0.29, 0.717) is 12.1 Å². The highest BCUT2D eigenvalue weighted by Crippen LogP contribution is 2.20. The minimum atomic E-state index is -0.237. The van der Waals surface area contributed by atoms with Gasteiger partial charge in [-0.15, -0.1) is 0 Å². The van der Waals surface area contributed by atoms with Gasteiger partial charge in [-0.2, -0.15) is 0 Å². The lowest BCUT2D eigenvalue weighted by Crippen LogP contribution is -2.46. The smallest absolute Gasteiger partial charge is 0.340 e. The SMILES string of the molecule is O=c1oc2ccccc2cc1CN1CCN(c2ccc(Cl)cc2)CC1. The number of hydrogen-bond donors (Lipinski definition) is 0. The summed E-state index contributed by atoms with van der Waals surface area (Å²) in [6, 6.07) is 17.5. The van der Waals surface area contributed by atoms with Gasteiger partial charge in [0.1, 0.15) is 5.58 Å². The van der Waals surface area contributed by atoms with Gasteiger partial charge in [0.2, 0.25) is 0 Å². The second-order valence-electron chi connectivity index (χ2n) is 6.34. The third-order valence-electron chi connectivity index (χ3n) is 4.67. The molecule has 0 atom stereocenters. The zero-order valence-corrected chi connectivity index (χ0v) is 14.6. The van der Waals surface area contributed by atoms with Gasteiger partial charge in [0, 0.05) is 48.8 Å². The summed E-state index contributed by atoms with van der Waals surface area (Å²) in [6.45, 7) is 4.31. The molecule has 0 unspecified atom stereocenters. The quantitative estimate of drug-likeness (QED) is 0.671. The summed E-state index contributed by atoms with van der Waals surface area (Å²) >= 11 is 5.96. The number of piperazine rings is 1. The lowest BCUT2D eigenvalue weighted by Gasteiger charge is -2.36. The lowest BCUT2D eigenvalue weighted by molar-refractivity contribution is 0.247. The van der Waals surface area contributed by atoms with E-state index in [1.165, 1.54) is 5.69 Å². The average molecular weight is 355 g/mol. The predicted molar refractivity (Wildman–Crippen MR) is 101 cm³/mol. The second-order valence-corrected chi connectivity index (χ2v) is 6.77. The van der Waals surface area contributed by atoms with Crippen LogP contribution in [0.5, 0.6) is 0 Å². The molecule has 0 radical (unpaired) electrons. The van der Waals surface area contributed by atoms with E-state index in [1.807, 2.05) is 42.5 Å². The number of halogens is 1. The Morgan fingerprint density at radius 3 is 2.44 bits per heavy atom. The minimum Gasteiger partial charge on any atom is -0.422 e. The van der Waals surface area contributed by atoms with Crippen molar-refractivity contribution < 1.29 is 4.42 Å². The molecule has 128 valence electrons. The molecular weight excluding hydrogens is 336 g/mol. The number of anilines is 1. The van der Waals surface area contributed by atoms with Crippen molar-refractivity contribution in [3.8, 4) is 0 Å². The summed E-state index contributed by atoms with van der Waals surface area (Å²) in [7, 11) is 0. The lowest BCUT2D eigenvalue weighted by atomic mass is 10.1. The molecule has 1 aliphatic rings. The van der Waals surface area contributed by atoms with Crippen molar-refractivity contribution in [3.05, 3.63) is 75.6 Å². The maximum Gasteiger partial charge on any atom is 0.340 e. The summed E-state index contributed by atoms with van der Waals surface area (Å²) in [5, 5.41) is 1.72.